The van der Waals surface area contributed by atoms with Crippen LogP contribution in [0.2, 0.25) is 0 Å². The van der Waals surface area contributed by atoms with Gasteiger partial charge in [-0.3, -0.25) is 10.1 Å². The highest BCUT2D eigenvalue weighted by molar-refractivity contribution is 7.89. The first kappa shape index (κ1) is 22.8. The minimum absolute atomic E-state index is 0.0241. The second-order valence-corrected chi connectivity index (χ2v) is 9.43. The van der Waals surface area contributed by atoms with E-state index in [0.29, 0.717) is 5.92 Å². The van der Waals surface area contributed by atoms with Crippen LogP contribution in [0, 0.1) is 5.92 Å². The summed E-state index contributed by atoms with van der Waals surface area (Å²) in [5.41, 5.74) is 0.0935. The van der Waals surface area contributed by atoms with Gasteiger partial charge >= 0.3 is 12.0 Å². The number of rotatable bonds is 6. The lowest BCUT2D eigenvalue weighted by atomic mass is 9.86. The third-order valence-electron chi connectivity index (χ3n) is 4.88. The van der Waals surface area contributed by atoms with E-state index in [1.807, 2.05) is 0 Å². The number of imide groups is 1. The van der Waals surface area contributed by atoms with Gasteiger partial charge in [0.05, 0.1) is 10.5 Å². The van der Waals surface area contributed by atoms with Gasteiger partial charge in [-0.2, -0.15) is 0 Å². The molecule has 2 N–H and O–H groups in total. The molecule has 0 spiro atoms. The number of hydrogen-bond donors (Lipinski definition) is 2. The molecule has 1 aromatic carbocycles. The van der Waals surface area contributed by atoms with Crippen molar-refractivity contribution >= 4 is 27.9 Å². The Balaban J connectivity index is 1.82. The highest BCUT2D eigenvalue weighted by atomic mass is 32.2. The minimum Gasteiger partial charge on any atom is -0.452 e. The molecule has 0 heterocycles. The van der Waals surface area contributed by atoms with Crippen LogP contribution in [0.25, 0.3) is 0 Å². The zero-order valence-corrected chi connectivity index (χ0v) is 17.6. The Hall–Kier alpha value is -2.46. The van der Waals surface area contributed by atoms with Crippen molar-refractivity contribution in [3.05, 3.63) is 29.8 Å². The van der Waals surface area contributed by atoms with Crippen LogP contribution in [-0.2, 0) is 19.6 Å². The monoisotopic (exact) mass is 425 g/mol. The Morgan fingerprint density at radius 1 is 1.10 bits per heavy atom. The van der Waals surface area contributed by atoms with Gasteiger partial charge in [0.1, 0.15) is 0 Å². The number of benzene rings is 1. The number of amides is 3. The second-order valence-electron chi connectivity index (χ2n) is 7.28. The molecule has 0 aromatic heterocycles. The second kappa shape index (κ2) is 9.84. The first-order valence-corrected chi connectivity index (χ1v) is 10.9. The highest BCUT2D eigenvalue weighted by Gasteiger charge is 2.23. The van der Waals surface area contributed by atoms with Gasteiger partial charge in [0, 0.05) is 20.1 Å². The number of esters is 1. The molecule has 0 unspecified atom stereocenters. The van der Waals surface area contributed by atoms with Gasteiger partial charge in [0.15, 0.2) is 6.61 Å². The van der Waals surface area contributed by atoms with Crippen LogP contribution < -0.4 is 10.6 Å². The molecular formula is C19H27N3O6S. The van der Waals surface area contributed by atoms with Crippen LogP contribution in [0.15, 0.2) is 29.2 Å². The fourth-order valence-electron chi connectivity index (χ4n) is 3.09. The topological polar surface area (TPSA) is 122 Å². The molecule has 160 valence electrons. The Morgan fingerprint density at radius 3 is 2.31 bits per heavy atom. The third-order valence-corrected chi connectivity index (χ3v) is 6.71. The van der Waals surface area contributed by atoms with Crippen LogP contribution in [0.4, 0.5) is 4.79 Å². The van der Waals surface area contributed by atoms with E-state index in [0.717, 1.165) is 30.0 Å². The van der Waals surface area contributed by atoms with Gasteiger partial charge in [0.2, 0.25) is 10.0 Å². The molecule has 2 atom stereocenters. The summed E-state index contributed by atoms with van der Waals surface area (Å²) >= 11 is 0. The maximum Gasteiger partial charge on any atom is 0.338 e. The van der Waals surface area contributed by atoms with E-state index in [1.54, 1.807) is 0 Å². The summed E-state index contributed by atoms with van der Waals surface area (Å²) in [6, 6.07) is 4.58. The van der Waals surface area contributed by atoms with E-state index in [2.05, 4.69) is 17.6 Å². The molecule has 0 saturated heterocycles. The number of ether oxygens (including phenoxy) is 1. The van der Waals surface area contributed by atoms with Crippen LogP contribution in [0.5, 0.6) is 0 Å². The standard InChI is InChI=1S/C19H27N3O6S/c1-13-6-4-5-7-16(13)20-19(25)21-17(23)12-28-18(24)14-8-10-15(11-9-14)29(26,27)22(2)3/h8-11,13,16H,4-7,12H2,1-3H3,(H2,20,21,23,25)/t13-,16-/m1/s1. The van der Waals surface area contributed by atoms with E-state index >= 15 is 0 Å². The molecule has 2 rings (SSSR count). The lowest BCUT2D eigenvalue weighted by Crippen LogP contribution is -2.48. The normalized spacial score (nSPS) is 19.4. The first-order valence-electron chi connectivity index (χ1n) is 9.41. The molecule has 29 heavy (non-hydrogen) atoms. The average Bonchev–Trinajstić information content (AvgIpc) is 2.67. The molecule has 0 bridgehead atoms. The zero-order valence-electron chi connectivity index (χ0n) is 16.8. The summed E-state index contributed by atoms with van der Waals surface area (Å²) in [5.74, 6) is -1.19. The Kier molecular flexibility index (Phi) is 7.74. The molecule has 9 nitrogen and oxygen atoms in total. The van der Waals surface area contributed by atoms with Gasteiger partial charge in [-0.1, -0.05) is 19.8 Å². The Bertz CT molecular complexity index is 851. The number of carbonyl (C=O) groups is 3. The van der Waals surface area contributed by atoms with Gasteiger partial charge in [-0.05, 0) is 43.0 Å². The van der Waals surface area contributed by atoms with Crippen molar-refractivity contribution in [2.45, 2.75) is 43.5 Å². The summed E-state index contributed by atoms with van der Waals surface area (Å²) in [5, 5.41) is 4.92. The molecule has 1 aliphatic carbocycles. The van der Waals surface area contributed by atoms with E-state index in [-0.39, 0.29) is 16.5 Å². The van der Waals surface area contributed by atoms with Crippen molar-refractivity contribution in [2.24, 2.45) is 5.92 Å². The summed E-state index contributed by atoms with van der Waals surface area (Å²) in [6.45, 7) is 1.44. The fraction of sp³-hybridized carbons (Fsp3) is 0.526. The molecule has 0 radical (unpaired) electrons. The number of urea groups is 1. The SMILES string of the molecule is C[C@@H]1CCCC[C@H]1NC(=O)NC(=O)COC(=O)c1ccc(S(=O)(=O)N(C)C)cc1. The number of hydrogen-bond acceptors (Lipinski definition) is 6. The molecule has 0 aliphatic heterocycles. The predicted octanol–water partition coefficient (Wildman–Crippen LogP) is 1.50. The molecular weight excluding hydrogens is 398 g/mol. The van der Waals surface area contributed by atoms with E-state index in [1.165, 1.54) is 38.4 Å². The number of sulfonamides is 1. The van der Waals surface area contributed by atoms with Crippen LogP contribution in [0.3, 0.4) is 0 Å². The quantitative estimate of drug-likeness (QED) is 0.666. The highest BCUT2D eigenvalue weighted by Crippen LogP contribution is 2.23. The molecule has 10 heteroatoms. The Labute approximate surface area is 170 Å². The lowest BCUT2D eigenvalue weighted by Gasteiger charge is -2.29. The molecule has 1 aliphatic rings. The maximum absolute atomic E-state index is 12.0. The van der Waals surface area contributed by atoms with Crippen molar-refractivity contribution in [3.63, 3.8) is 0 Å². The van der Waals surface area contributed by atoms with Gasteiger partial charge in [-0.15, -0.1) is 0 Å². The summed E-state index contributed by atoms with van der Waals surface area (Å²) in [6.07, 6.45) is 4.08. The van der Waals surface area contributed by atoms with Crippen LogP contribution in [-0.4, -0.2) is 57.4 Å². The average molecular weight is 426 g/mol. The molecule has 1 aromatic rings. The van der Waals surface area contributed by atoms with Crippen molar-refractivity contribution < 1.29 is 27.5 Å². The summed E-state index contributed by atoms with van der Waals surface area (Å²) in [7, 11) is -0.794. The zero-order chi connectivity index (χ0) is 21.6. The van der Waals surface area contributed by atoms with Crippen molar-refractivity contribution in [3.8, 4) is 0 Å². The minimum atomic E-state index is -3.60. The van der Waals surface area contributed by atoms with Gasteiger partial charge < -0.3 is 10.1 Å². The number of carbonyl (C=O) groups excluding carboxylic acids is 3. The third kappa shape index (κ3) is 6.26. The maximum atomic E-state index is 12.0. The lowest BCUT2D eigenvalue weighted by molar-refractivity contribution is -0.123. The van der Waals surface area contributed by atoms with Gasteiger partial charge in [0.25, 0.3) is 5.91 Å². The first-order chi connectivity index (χ1) is 13.6. The molecule has 1 fully saturated rings. The van der Waals surface area contributed by atoms with Crippen molar-refractivity contribution in [2.75, 3.05) is 20.7 Å². The Morgan fingerprint density at radius 2 is 1.72 bits per heavy atom. The van der Waals surface area contributed by atoms with Crippen LogP contribution >= 0.6 is 0 Å². The summed E-state index contributed by atoms with van der Waals surface area (Å²) < 4.78 is 30.0. The van der Waals surface area contributed by atoms with E-state index in [4.69, 9.17) is 4.74 Å². The van der Waals surface area contributed by atoms with E-state index in [9.17, 15) is 22.8 Å². The fourth-order valence-corrected chi connectivity index (χ4v) is 3.99. The smallest absolute Gasteiger partial charge is 0.338 e. The number of nitrogens with one attached hydrogen (secondary N) is 2. The number of nitrogens with zero attached hydrogens (tertiary/aromatic N) is 1. The van der Waals surface area contributed by atoms with Crippen molar-refractivity contribution in [1.29, 1.82) is 0 Å². The predicted molar refractivity (Wildman–Crippen MR) is 106 cm³/mol. The summed E-state index contributed by atoms with van der Waals surface area (Å²) in [4.78, 5) is 35.8. The van der Waals surface area contributed by atoms with E-state index < -0.39 is 34.5 Å². The molecule has 3 amide bonds. The van der Waals surface area contributed by atoms with Crippen molar-refractivity contribution in [1.82, 2.24) is 14.9 Å². The van der Waals surface area contributed by atoms with Crippen LogP contribution in [0.1, 0.15) is 43.0 Å². The molecule has 1 saturated carbocycles. The largest absolute Gasteiger partial charge is 0.452 e. The van der Waals surface area contributed by atoms with Gasteiger partial charge in [-0.25, -0.2) is 22.3 Å².